The van der Waals surface area contributed by atoms with Gasteiger partial charge in [0.15, 0.2) is 0 Å². The third kappa shape index (κ3) is 4.21. The van der Waals surface area contributed by atoms with Gasteiger partial charge < -0.3 is 15.0 Å². The number of piperidine rings is 1. The monoisotopic (exact) mass is 290 g/mol. The maximum Gasteiger partial charge on any atom is 0.408 e. The minimum atomic E-state index is -0.677. The van der Waals surface area contributed by atoms with Gasteiger partial charge in [-0.3, -0.25) is 4.79 Å². The normalized spacial score (nSPS) is 16.1. The molecule has 0 bridgehead atoms. The van der Waals surface area contributed by atoms with E-state index in [-0.39, 0.29) is 12.5 Å². The highest BCUT2D eigenvalue weighted by Gasteiger charge is 2.28. The molecule has 1 aliphatic heterocycles. The van der Waals surface area contributed by atoms with Gasteiger partial charge in [-0.25, -0.2) is 4.79 Å². The first-order valence-electron chi connectivity index (χ1n) is 7.49. The number of nitrogens with zero attached hydrogens (tertiary/aromatic N) is 1. The predicted octanol–water partition coefficient (Wildman–Crippen LogP) is 2.49. The van der Waals surface area contributed by atoms with Crippen molar-refractivity contribution in [3.8, 4) is 0 Å². The molecule has 21 heavy (non-hydrogen) atoms. The van der Waals surface area contributed by atoms with E-state index >= 15 is 0 Å². The maximum atomic E-state index is 12.7. The van der Waals surface area contributed by atoms with Crippen LogP contribution in [0.2, 0.25) is 0 Å². The number of ether oxygens (including phenoxy) is 1. The number of amides is 2. The molecule has 1 saturated heterocycles. The first-order chi connectivity index (χ1) is 10.2. The maximum absolute atomic E-state index is 12.7. The molecule has 1 aliphatic rings. The third-order valence-electron chi connectivity index (χ3n) is 3.59. The number of carbonyl (C=O) groups is 2. The zero-order valence-electron chi connectivity index (χ0n) is 12.4. The number of rotatable bonds is 4. The summed E-state index contributed by atoms with van der Waals surface area (Å²) in [6, 6.07) is 8.62. The van der Waals surface area contributed by atoms with Crippen LogP contribution in [0.4, 0.5) is 4.79 Å². The zero-order valence-corrected chi connectivity index (χ0v) is 12.4. The second-order valence-electron chi connectivity index (χ2n) is 5.09. The predicted molar refractivity (Wildman–Crippen MR) is 79.8 cm³/mol. The van der Waals surface area contributed by atoms with Gasteiger partial charge in [0, 0.05) is 13.1 Å². The van der Waals surface area contributed by atoms with Crippen molar-refractivity contribution in [2.24, 2.45) is 0 Å². The Labute approximate surface area is 125 Å². The lowest BCUT2D eigenvalue weighted by atomic mass is 10.0. The van der Waals surface area contributed by atoms with Crippen LogP contribution in [0, 0.1) is 0 Å². The Kier molecular flexibility index (Phi) is 5.60. The van der Waals surface area contributed by atoms with Crippen LogP contribution in [0.25, 0.3) is 0 Å². The number of nitrogens with one attached hydrogen (secondary N) is 1. The van der Waals surface area contributed by atoms with Crippen molar-refractivity contribution in [2.75, 3.05) is 19.7 Å². The van der Waals surface area contributed by atoms with Crippen LogP contribution in [-0.4, -0.2) is 36.6 Å². The second kappa shape index (κ2) is 7.67. The smallest absolute Gasteiger partial charge is 0.408 e. The van der Waals surface area contributed by atoms with E-state index in [0.29, 0.717) is 0 Å². The summed E-state index contributed by atoms with van der Waals surface area (Å²) in [5.41, 5.74) is 0.779. The Morgan fingerprint density at radius 2 is 1.86 bits per heavy atom. The Hall–Kier alpha value is -2.04. The Morgan fingerprint density at radius 3 is 2.48 bits per heavy atom. The van der Waals surface area contributed by atoms with Crippen LogP contribution in [0.3, 0.4) is 0 Å². The van der Waals surface area contributed by atoms with Crippen LogP contribution in [0.1, 0.15) is 37.8 Å². The third-order valence-corrected chi connectivity index (χ3v) is 3.59. The molecule has 5 heteroatoms. The van der Waals surface area contributed by atoms with Crippen LogP contribution in [-0.2, 0) is 9.53 Å². The average Bonchev–Trinajstić information content (AvgIpc) is 2.54. The summed E-state index contributed by atoms with van der Waals surface area (Å²) in [6.07, 6.45) is 2.64. The van der Waals surface area contributed by atoms with E-state index in [4.69, 9.17) is 4.74 Å². The number of carbonyl (C=O) groups excluding carboxylic acids is 2. The fraction of sp³-hybridized carbons (Fsp3) is 0.500. The Balaban J connectivity index is 2.14. The number of benzene rings is 1. The van der Waals surface area contributed by atoms with Crippen molar-refractivity contribution in [1.82, 2.24) is 10.2 Å². The molecule has 0 aliphatic carbocycles. The topological polar surface area (TPSA) is 58.6 Å². The van der Waals surface area contributed by atoms with E-state index in [1.165, 1.54) is 0 Å². The SMILES string of the molecule is CCOC(=O)N[C@H](C(=O)N1CCCCC1)c1ccccc1. The fourth-order valence-corrected chi connectivity index (χ4v) is 2.52. The first-order valence-corrected chi connectivity index (χ1v) is 7.49. The molecule has 2 amide bonds. The largest absolute Gasteiger partial charge is 0.450 e. The van der Waals surface area contributed by atoms with Crippen LogP contribution in [0.5, 0.6) is 0 Å². The molecular weight excluding hydrogens is 268 g/mol. The van der Waals surface area contributed by atoms with Crippen molar-refractivity contribution in [3.05, 3.63) is 35.9 Å². The van der Waals surface area contributed by atoms with E-state index < -0.39 is 12.1 Å². The van der Waals surface area contributed by atoms with Crippen LogP contribution >= 0.6 is 0 Å². The van der Waals surface area contributed by atoms with Crippen molar-refractivity contribution < 1.29 is 14.3 Å². The molecule has 1 N–H and O–H groups in total. The zero-order chi connectivity index (χ0) is 15.1. The Bertz CT molecular complexity index is 470. The average molecular weight is 290 g/mol. The highest BCUT2D eigenvalue weighted by Crippen LogP contribution is 2.19. The highest BCUT2D eigenvalue weighted by molar-refractivity contribution is 5.87. The van der Waals surface area contributed by atoms with E-state index in [0.717, 1.165) is 37.9 Å². The molecular formula is C16H22N2O3. The van der Waals surface area contributed by atoms with Gasteiger partial charge >= 0.3 is 6.09 Å². The van der Waals surface area contributed by atoms with Gasteiger partial charge in [0.2, 0.25) is 5.91 Å². The molecule has 0 spiro atoms. The lowest BCUT2D eigenvalue weighted by Gasteiger charge is -2.30. The molecule has 114 valence electrons. The van der Waals surface area contributed by atoms with E-state index in [9.17, 15) is 9.59 Å². The number of hydrogen-bond donors (Lipinski definition) is 1. The quantitative estimate of drug-likeness (QED) is 0.927. The van der Waals surface area contributed by atoms with Gasteiger partial charge in [-0.05, 0) is 31.7 Å². The number of hydrogen-bond acceptors (Lipinski definition) is 3. The molecule has 1 fully saturated rings. The second-order valence-corrected chi connectivity index (χ2v) is 5.09. The van der Waals surface area contributed by atoms with Crippen LogP contribution in [0.15, 0.2) is 30.3 Å². The van der Waals surface area contributed by atoms with Gasteiger partial charge in [0.1, 0.15) is 6.04 Å². The molecule has 0 unspecified atom stereocenters. The van der Waals surface area contributed by atoms with Gasteiger partial charge in [-0.15, -0.1) is 0 Å². The van der Waals surface area contributed by atoms with Crippen molar-refractivity contribution in [3.63, 3.8) is 0 Å². The molecule has 0 aromatic heterocycles. The van der Waals surface area contributed by atoms with Crippen molar-refractivity contribution in [2.45, 2.75) is 32.2 Å². The fourth-order valence-electron chi connectivity index (χ4n) is 2.52. The molecule has 1 aromatic rings. The molecule has 2 rings (SSSR count). The molecule has 1 heterocycles. The number of likely N-dealkylation sites (tertiary alicyclic amines) is 1. The summed E-state index contributed by atoms with van der Waals surface area (Å²) in [5, 5.41) is 2.68. The van der Waals surface area contributed by atoms with Crippen molar-refractivity contribution in [1.29, 1.82) is 0 Å². The minimum absolute atomic E-state index is 0.0612. The van der Waals surface area contributed by atoms with Gasteiger partial charge in [0.05, 0.1) is 6.61 Å². The molecule has 0 saturated carbocycles. The summed E-state index contributed by atoms with van der Waals surface area (Å²) >= 11 is 0. The van der Waals surface area contributed by atoms with E-state index in [1.54, 1.807) is 6.92 Å². The van der Waals surface area contributed by atoms with Gasteiger partial charge in [-0.1, -0.05) is 30.3 Å². The van der Waals surface area contributed by atoms with Gasteiger partial charge in [0.25, 0.3) is 0 Å². The van der Waals surface area contributed by atoms with Crippen LogP contribution < -0.4 is 5.32 Å². The summed E-state index contributed by atoms with van der Waals surface area (Å²) < 4.78 is 4.91. The molecule has 1 aromatic carbocycles. The summed E-state index contributed by atoms with van der Waals surface area (Å²) in [7, 11) is 0. The highest BCUT2D eigenvalue weighted by atomic mass is 16.5. The lowest BCUT2D eigenvalue weighted by Crippen LogP contribution is -2.45. The first kappa shape index (κ1) is 15.4. The Morgan fingerprint density at radius 1 is 1.19 bits per heavy atom. The van der Waals surface area contributed by atoms with E-state index in [2.05, 4.69) is 5.32 Å². The van der Waals surface area contributed by atoms with Crippen molar-refractivity contribution >= 4 is 12.0 Å². The molecule has 1 atom stereocenters. The van der Waals surface area contributed by atoms with Gasteiger partial charge in [-0.2, -0.15) is 0 Å². The van der Waals surface area contributed by atoms with E-state index in [1.807, 2.05) is 35.2 Å². The summed E-state index contributed by atoms with van der Waals surface area (Å²) in [6.45, 7) is 3.54. The lowest BCUT2D eigenvalue weighted by molar-refractivity contribution is -0.134. The summed E-state index contributed by atoms with van der Waals surface area (Å²) in [5.74, 6) is -0.0612. The summed E-state index contributed by atoms with van der Waals surface area (Å²) in [4.78, 5) is 26.2. The molecule has 5 nitrogen and oxygen atoms in total. The number of alkyl carbamates (subject to hydrolysis) is 1. The molecule has 0 radical (unpaired) electrons. The minimum Gasteiger partial charge on any atom is -0.450 e. The standard InChI is InChI=1S/C16H22N2O3/c1-2-21-16(20)17-14(13-9-5-3-6-10-13)15(19)18-11-7-4-8-12-18/h3,5-6,9-10,14H,2,4,7-8,11-12H2,1H3,(H,17,20)/t14-/m0/s1.